The van der Waals surface area contributed by atoms with E-state index in [9.17, 15) is 9.59 Å². The largest absolute Gasteiger partial charge is 0.493 e. The standard InChI is InChI=1S/C29H37N3O4S/c1-6-22-9-7-10-24(17-22)30-29(34)32(21(2)3)20-28(33)31(19-25-11-8-16-37-25)15-14-23-12-13-26(35-4)27(18-23)36-5/h7-13,16-18,21H,6,14-15,19-20H2,1-5H3,(H,30,34). The van der Waals surface area contributed by atoms with Crippen molar-refractivity contribution in [3.63, 3.8) is 0 Å². The molecule has 198 valence electrons. The first kappa shape index (κ1) is 28.1. The molecule has 0 fully saturated rings. The molecule has 0 aliphatic carbocycles. The number of nitrogens with zero attached hydrogens (tertiary/aromatic N) is 2. The lowest BCUT2D eigenvalue weighted by Gasteiger charge is -2.30. The summed E-state index contributed by atoms with van der Waals surface area (Å²) in [6.45, 7) is 6.91. The van der Waals surface area contributed by atoms with Gasteiger partial charge in [0.2, 0.25) is 5.91 Å². The second-order valence-electron chi connectivity index (χ2n) is 9.04. The van der Waals surface area contributed by atoms with Gasteiger partial charge in [-0.05, 0) is 73.5 Å². The summed E-state index contributed by atoms with van der Waals surface area (Å²) in [4.78, 5) is 31.2. The van der Waals surface area contributed by atoms with Crippen molar-refractivity contribution in [3.8, 4) is 11.5 Å². The lowest BCUT2D eigenvalue weighted by atomic mass is 10.1. The second-order valence-corrected chi connectivity index (χ2v) is 10.1. The molecule has 0 bridgehead atoms. The fraction of sp³-hybridized carbons (Fsp3) is 0.379. The van der Waals surface area contributed by atoms with Crippen LogP contribution >= 0.6 is 11.3 Å². The molecule has 3 amide bonds. The summed E-state index contributed by atoms with van der Waals surface area (Å²) >= 11 is 1.61. The summed E-state index contributed by atoms with van der Waals surface area (Å²) < 4.78 is 10.8. The molecule has 0 saturated heterocycles. The van der Waals surface area contributed by atoms with Crippen molar-refractivity contribution in [1.82, 2.24) is 9.80 Å². The van der Waals surface area contributed by atoms with E-state index in [0.717, 1.165) is 28.1 Å². The van der Waals surface area contributed by atoms with E-state index in [-0.39, 0.29) is 24.5 Å². The number of hydrogen-bond acceptors (Lipinski definition) is 5. The average Bonchev–Trinajstić information content (AvgIpc) is 3.42. The quantitative estimate of drug-likeness (QED) is 0.324. The lowest BCUT2D eigenvalue weighted by Crippen LogP contribution is -2.47. The number of carbonyl (C=O) groups excluding carboxylic acids is 2. The first-order chi connectivity index (χ1) is 17.8. The summed E-state index contributed by atoms with van der Waals surface area (Å²) in [5, 5.41) is 4.97. The van der Waals surface area contributed by atoms with Crippen LogP contribution in [0.5, 0.6) is 11.5 Å². The minimum absolute atomic E-state index is 0.00568. The Morgan fingerprint density at radius 1 is 0.973 bits per heavy atom. The molecule has 0 radical (unpaired) electrons. The molecule has 0 unspecified atom stereocenters. The Bertz CT molecular complexity index is 1160. The first-order valence-electron chi connectivity index (χ1n) is 12.5. The number of ether oxygens (including phenoxy) is 2. The van der Waals surface area contributed by atoms with Gasteiger partial charge in [0.15, 0.2) is 11.5 Å². The third kappa shape index (κ3) is 7.98. The SMILES string of the molecule is CCc1cccc(NC(=O)N(CC(=O)N(CCc2ccc(OC)c(OC)c2)Cc2cccs2)C(C)C)c1. The molecule has 1 heterocycles. The van der Waals surface area contributed by atoms with Crippen molar-refractivity contribution in [1.29, 1.82) is 0 Å². The van der Waals surface area contributed by atoms with Crippen molar-refractivity contribution in [2.75, 3.05) is 32.6 Å². The summed E-state index contributed by atoms with van der Waals surface area (Å²) in [6, 6.07) is 17.1. The van der Waals surface area contributed by atoms with Crippen molar-refractivity contribution in [3.05, 3.63) is 76.0 Å². The number of aryl methyl sites for hydroxylation is 1. The van der Waals surface area contributed by atoms with Crippen LogP contribution in [0, 0.1) is 0 Å². The number of methoxy groups -OCH3 is 2. The molecular weight excluding hydrogens is 486 g/mol. The predicted molar refractivity (Wildman–Crippen MR) is 150 cm³/mol. The number of amides is 3. The minimum atomic E-state index is -0.285. The normalized spacial score (nSPS) is 10.8. The van der Waals surface area contributed by atoms with E-state index >= 15 is 0 Å². The zero-order valence-electron chi connectivity index (χ0n) is 22.3. The second kappa shape index (κ2) is 13.7. The Morgan fingerprint density at radius 3 is 2.41 bits per heavy atom. The highest BCUT2D eigenvalue weighted by atomic mass is 32.1. The Labute approximate surface area is 224 Å². The van der Waals surface area contributed by atoms with E-state index in [4.69, 9.17) is 9.47 Å². The van der Waals surface area contributed by atoms with Crippen LogP contribution in [0.4, 0.5) is 10.5 Å². The molecule has 0 saturated carbocycles. The van der Waals surface area contributed by atoms with Crippen molar-refractivity contribution >= 4 is 29.0 Å². The molecule has 8 heteroatoms. The molecule has 0 aliphatic rings. The van der Waals surface area contributed by atoms with E-state index in [1.165, 1.54) is 0 Å². The maximum atomic E-state index is 13.6. The van der Waals surface area contributed by atoms with Gasteiger partial charge in [-0.25, -0.2) is 4.79 Å². The van der Waals surface area contributed by atoms with Crippen molar-refractivity contribution < 1.29 is 19.1 Å². The van der Waals surface area contributed by atoms with Gasteiger partial charge in [0.25, 0.3) is 0 Å². The van der Waals surface area contributed by atoms with E-state index < -0.39 is 0 Å². The smallest absolute Gasteiger partial charge is 0.322 e. The Kier molecular flexibility index (Phi) is 10.4. The maximum absolute atomic E-state index is 13.6. The lowest BCUT2D eigenvalue weighted by molar-refractivity contribution is -0.132. The number of hydrogen-bond donors (Lipinski definition) is 1. The highest BCUT2D eigenvalue weighted by Crippen LogP contribution is 2.28. The number of thiophene rings is 1. The number of benzene rings is 2. The Morgan fingerprint density at radius 2 is 1.76 bits per heavy atom. The van der Waals surface area contributed by atoms with Gasteiger partial charge >= 0.3 is 6.03 Å². The molecule has 0 spiro atoms. The van der Waals surface area contributed by atoms with Gasteiger partial charge in [0, 0.05) is 23.2 Å². The predicted octanol–water partition coefficient (Wildman–Crippen LogP) is 5.84. The van der Waals surface area contributed by atoms with E-state index in [0.29, 0.717) is 31.0 Å². The average molecular weight is 524 g/mol. The minimum Gasteiger partial charge on any atom is -0.493 e. The van der Waals surface area contributed by atoms with Crippen molar-refractivity contribution in [2.24, 2.45) is 0 Å². The third-order valence-electron chi connectivity index (χ3n) is 6.17. The van der Waals surface area contributed by atoms with E-state index in [1.807, 2.05) is 78.7 Å². The number of urea groups is 1. The van der Waals surface area contributed by atoms with E-state index in [1.54, 1.807) is 30.5 Å². The molecule has 3 rings (SSSR count). The van der Waals surface area contributed by atoms with Crippen LogP contribution in [0.25, 0.3) is 0 Å². The number of anilines is 1. The van der Waals surface area contributed by atoms with Gasteiger partial charge in [-0.15, -0.1) is 11.3 Å². The Hall–Kier alpha value is -3.52. The molecule has 1 N–H and O–H groups in total. The fourth-order valence-electron chi connectivity index (χ4n) is 3.98. The van der Waals surface area contributed by atoms with Crippen LogP contribution in [-0.2, 0) is 24.2 Å². The molecule has 0 atom stereocenters. The molecule has 3 aromatic rings. The Balaban J connectivity index is 1.73. The summed E-state index contributed by atoms with van der Waals surface area (Å²) in [6.07, 6.45) is 1.53. The molecular formula is C29H37N3O4S. The van der Waals surface area contributed by atoms with Crippen LogP contribution in [0.3, 0.4) is 0 Å². The fourth-order valence-corrected chi connectivity index (χ4v) is 4.70. The van der Waals surface area contributed by atoms with Crippen LogP contribution in [0.15, 0.2) is 60.0 Å². The van der Waals surface area contributed by atoms with Gasteiger partial charge in [-0.1, -0.05) is 31.2 Å². The zero-order chi connectivity index (χ0) is 26.8. The van der Waals surface area contributed by atoms with Gasteiger partial charge in [-0.3, -0.25) is 4.79 Å². The van der Waals surface area contributed by atoms with E-state index in [2.05, 4.69) is 12.2 Å². The van der Waals surface area contributed by atoms with Crippen molar-refractivity contribution in [2.45, 2.75) is 46.2 Å². The molecule has 1 aromatic heterocycles. The summed E-state index contributed by atoms with van der Waals surface area (Å²) in [5.41, 5.74) is 2.91. The van der Waals surface area contributed by atoms with Crippen LogP contribution in [-0.4, -0.2) is 55.1 Å². The van der Waals surface area contributed by atoms with Crippen LogP contribution in [0.1, 0.15) is 36.8 Å². The molecule has 7 nitrogen and oxygen atoms in total. The molecule has 37 heavy (non-hydrogen) atoms. The maximum Gasteiger partial charge on any atom is 0.322 e. The number of carbonyl (C=O) groups is 2. The number of nitrogens with one attached hydrogen (secondary N) is 1. The topological polar surface area (TPSA) is 71.1 Å². The van der Waals surface area contributed by atoms with Gasteiger partial charge < -0.3 is 24.6 Å². The van der Waals surface area contributed by atoms with Gasteiger partial charge in [-0.2, -0.15) is 0 Å². The van der Waals surface area contributed by atoms with Gasteiger partial charge in [0.05, 0.1) is 20.8 Å². The third-order valence-corrected chi connectivity index (χ3v) is 7.04. The monoisotopic (exact) mass is 523 g/mol. The first-order valence-corrected chi connectivity index (χ1v) is 13.4. The van der Waals surface area contributed by atoms with Gasteiger partial charge in [0.1, 0.15) is 6.54 Å². The highest BCUT2D eigenvalue weighted by Gasteiger charge is 2.24. The molecule has 0 aliphatic heterocycles. The van der Waals surface area contributed by atoms with Crippen LogP contribution < -0.4 is 14.8 Å². The number of rotatable bonds is 12. The zero-order valence-corrected chi connectivity index (χ0v) is 23.1. The van der Waals surface area contributed by atoms with Crippen LogP contribution in [0.2, 0.25) is 0 Å². The molecule has 2 aromatic carbocycles. The summed E-state index contributed by atoms with van der Waals surface area (Å²) in [5.74, 6) is 1.23. The summed E-state index contributed by atoms with van der Waals surface area (Å²) in [7, 11) is 3.22. The highest BCUT2D eigenvalue weighted by molar-refractivity contribution is 7.09.